The minimum Gasteiger partial charge on any atom is -0.481 e. The molecule has 5 aromatic rings. The predicted octanol–water partition coefficient (Wildman–Crippen LogP) is 4.01. The molecule has 0 amide bonds. The molecule has 4 heterocycles. The summed E-state index contributed by atoms with van der Waals surface area (Å²) >= 11 is 0. The zero-order valence-electron chi connectivity index (χ0n) is 23.2. The number of sulfonamides is 1. The number of benzene rings is 2. The van der Waals surface area contributed by atoms with E-state index in [4.69, 9.17) is 4.74 Å². The quantitative estimate of drug-likeness (QED) is 0.294. The van der Waals surface area contributed by atoms with Crippen molar-refractivity contribution in [1.29, 1.82) is 0 Å². The van der Waals surface area contributed by atoms with E-state index in [2.05, 4.69) is 41.3 Å². The van der Waals surface area contributed by atoms with Crippen molar-refractivity contribution in [3.63, 3.8) is 0 Å². The maximum absolute atomic E-state index is 13.7. The molecule has 0 bridgehead atoms. The fourth-order valence-electron chi connectivity index (χ4n) is 5.93. The molecule has 2 aromatic carbocycles. The van der Waals surface area contributed by atoms with Gasteiger partial charge in [0, 0.05) is 49.3 Å². The van der Waals surface area contributed by atoms with E-state index in [1.807, 2.05) is 29.1 Å². The Labute approximate surface area is 238 Å². The molecule has 1 aliphatic heterocycles. The summed E-state index contributed by atoms with van der Waals surface area (Å²) in [6.07, 6.45) is 6.32. The normalized spacial score (nSPS) is 17.7. The number of aromatic nitrogens is 4. The van der Waals surface area contributed by atoms with Crippen LogP contribution in [0.15, 0.2) is 95.0 Å². The summed E-state index contributed by atoms with van der Waals surface area (Å²) in [4.78, 5) is 16.2. The van der Waals surface area contributed by atoms with Crippen LogP contribution in [0.3, 0.4) is 0 Å². The van der Waals surface area contributed by atoms with Gasteiger partial charge in [-0.05, 0) is 60.7 Å². The first-order valence-electron chi connectivity index (χ1n) is 13.4. The van der Waals surface area contributed by atoms with Gasteiger partial charge in [0.15, 0.2) is 0 Å². The highest BCUT2D eigenvalue weighted by molar-refractivity contribution is 7.89. The topological polar surface area (TPSA) is 99.3 Å². The lowest BCUT2D eigenvalue weighted by Crippen LogP contribution is -2.36. The molecule has 3 aromatic heterocycles. The first-order valence-corrected chi connectivity index (χ1v) is 14.8. The molecule has 41 heavy (non-hydrogen) atoms. The summed E-state index contributed by atoms with van der Waals surface area (Å²) in [5.74, 6) is 0.367. The van der Waals surface area contributed by atoms with Crippen LogP contribution in [-0.4, -0.2) is 52.3 Å². The molecule has 1 unspecified atom stereocenters. The number of methoxy groups -OCH3 is 1. The fourth-order valence-corrected chi connectivity index (χ4v) is 7.41. The summed E-state index contributed by atoms with van der Waals surface area (Å²) in [5, 5.41) is 5.59. The van der Waals surface area contributed by atoms with Crippen LogP contribution in [0, 0.1) is 6.92 Å². The first kappa shape index (κ1) is 26.9. The van der Waals surface area contributed by atoms with Gasteiger partial charge in [0.05, 0.1) is 30.7 Å². The maximum atomic E-state index is 13.7. The Hall–Kier alpha value is -4.28. The summed E-state index contributed by atoms with van der Waals surface area (Å²) in [6, 6.07) is 20.9. The Kier molecular flexibility index (Phi) is 6.75. The van der Waals surface area contributed by atoms with Crippen LogP contribution in [0.5, 0.6) is 5.88 Å². The van der Waals surface area contributed by atoms with Gasteiger partial charge in [-0.25, -0.2) is 18.1 Å². The Balaban J connectivity index is 1.42. The lowest BCUT2D eigenvalue weighted by Gasteiger charge is -2.32. The van der Waals surface area contributed by atoms with Crippen LogP contribution in [-0.2, 0) is 28.9 Å². The maximum Gasteiger partial charge on any atom is 0.250 e. The van der Waals surface area contributed by atoms with Crippen LogP contribution in [0.2, 0.25) is 0 Å². The van der Waals surface area contributed by atoms with Crippen LogP contribution in [0.1, 0.15) is 23.1 Å². The third-order valence-electron chi connectivity index (χ3n) is 8.06. The molecule has 0 radical (unpaired) electrons. The van der Waals surface area contributed by atoms with Crippen LogP contribution >= 0.6 is 0 Å². The van der Waals surface area contributed by atoms with E-state index in [1.165, 1.54) is 23.9 Å². The van der Waals surface area contributed by atoms with Gasteiger partial charge in [0.2, 0.25) is 21.5 Å². The Morgan fingerprint density at radius 3 is 2.54 bits per heavy atom. The van der Waals surface area contributed by atoms with Gasteiger partial charge in [0.25, 0.3) is 0 Å². The van der Waals surface area contributed by atoms with Crippen LogP contribution in [0.25, 0.3) is 16.6 Å². The summed E-state index contributed by atoms with van der Waals surface area (Å²) < 4.78 is 37.5. The van der Waals surface area contributed by atoms with Crippen LogP contribution in [0.4, 0.5) is 0 Å². The van der Waals surface area contributed by atoms with Crippen molar-refractivity contribution < 1.29 is 13.2 Å². The zero-order chi connectivity index (χ0) is 28.8. The van der Waals surface area contributed by atoms with Crippen LogP contribution < -0.4 is 10.3 Å². The highest BCUT2D eigenvalue weighted by atomic mass is 32.2. The van der Waals surface area contributed by atoms with E-state index in [0.29, 0.717) is 31.8 Å². The third-order valence-corrected chi connectivity index (χ3v) is 9.89. The predicted molar refractivity (Wildman–Crippen MR) is 157 cm³/mol. The van der Waals surface area contributed by atoms with Gasteiger partial charge in [-0.3, -0.25) is 4.79 Å². The highest BCUT2D eigenvalue weighted by Crippen LogP contribution is 2.42. The molecule has 210 valence electrons. The molecule has 1 atom stereocenters. The number of rotatable bonds is 7. The summed E-state index contributed by atoms with van der Waals surface area (Å²) in [7, 11) is -0.541. The van der Waals surface area contributed by atoms with Crippen molar-refractivity contribution in [3.8, 4) is 11.6 Å². The SMILES string of the molecule is COc1ccc(S(=O)(=O)N2CCC(Cc3ccccc3)(c3cc4cnn(-c5ccc(=O)n(C)c5)c4cc3C)C2)cn1. The largest absolute Gasteiger partial charge is 0.481 e. The molecule has 6 rings (SSSR count). The molecule has 0 aliphatic carbocycles. The Morgan fingerprint density at radius 2 is 1.83 bits per heavy atom. The van der Waals surface area contributed by atoms with E-state index in [0.717, 1.165) is 33.3 Å². The standard InChI is InChI=1S/C31H31N5O4S/c1-22-15-28-24(18-33-36(28)25-9-12-30(37)34(2)20-25)16-27(22)31(17-23-7-5-4-6-8-23)13-14-35(21-31)41(38,39)26-10-11-29(40-3)32-19-26/h4-12,15-16,18-20H,13-14,17,21H2,1-3H3. The fraction of sp³-hybridized carbons (Fsp3) is 0.258. The van der Waals surface area contributed by atoms with Gasteiger partial charge >= 0.3 is 0 Å². The minimum atomic E-state index is -3.76. The highest BCUT2D eigenvalue weighted by Gasteiger charge is 2.45. The van der Waals surface area contributed by atoms with E-state index in [-0.39, 0.29) is 10.5 Å². The number of nitrogens with zero attached hydrogens (tertiary/aromatic N) is 5. The van der Waals surface area contributed by atoms with Gasteiger partial charge < -0.3 is 9.30 Å². The van der Waals surface area contributed by atoms with Crippen molar-refractivity contribution in [2.45, 2.75) is 30.1 Å². The minimum absolute atomic E-state index is 0.0855. The van der Waals surface area contributed by atoms with Crippen molar-refractivity contribution in [2.24, 2.45) is 7.05 Å². The molecular formula is C31H31N5O4S. The third kappa shape index (κ3) is 4.83. The average Bonchev–Trinajstić information content (AvgIpc) is 3.60. The average molecular weight is 570 g/mol. The molecule has 0 saturated carbocycles. The van der Waals surface area contributed by atoms with E-state index >= 15 is 0 Å². The number of ether oxygens (including phenoxy) is 1. The lowest BCUT2D eigenvalue weighted by atomic mass is 9.73. The molecule has 9 nitrogen and oxygen atoms in total. The second kappa shape index (κ2) is 10.3. The van der Waals surface area contributed by atoms with Gasteiger partial charge in [-0.2, -0.15) is 9.40 Å². The number of hydrogen-bond donors (Lipinski definition) is 0. The molecule has 1 fully saturated rings. The van der Waals surface area contributed by atoms with E-state index in [9.17, 15) is 13.2 Å². The second-order valence-electron chi connectivity index (χ2n) is 10.7. The van der Waals surface area contributed by atoms with Gasteiger partial charge in [-0.1, -0.05) is 30.3 Å². The lowest BCUT2D eigenvalue weighted by molar-refractivity contribution is 0.396. The molecule has 0 spiro atoms. The monoisotopic (exact) mass is 569 g/mol. The molecule has 0 N–H and O–H groups in total. The smallest absolute Gasteiger partial charge is 0.250 e. The number of pyridine rings is 2. The Bertz CT molecular complexity index is 1900. The van der Waals surface area contributed by atoms with E-state index in [1.54, 1.807) is 35.7 Å². The second-order valence-corrected chi connectivity index (χ2v) is 12.6. The van der Waals surface area contributed by atoms with E-state index < -0.39 is 15.4 Å². The number of hydrogen-bond acceptors (Lipinski definition) is 6. The van der Waals surface area contributed by atoms with Crippen molar-refractivity contribution >= 4 is 20.9 Å². The molecule has 1 saturated heterocycles. The molecule has 10 heteroatoms. The van der Waals surface area contributed by atoms with Gasteiger partial charge in [-0.15, -0.1) is 0 Å². The zero-order valence-corrected chi connectivity index (χ0v) is 24.0. The van der Waals surface area contributed by atoms with Crippen molar-refractivity contribution in [3.05, 3.63) is 112 Å². The molecule has 1 aliphatic rings. The number of aryl methyl sites for hydroxylation is 2. The number of fused-ring (bicyclic) bond motifs is 1. The summed E-state index contributed by atoms with van der Waals surface area (Å²) in [6.45, 7) is 2.82. The summed E-state index contributed by atoms with van der Waals surface area (Å²) in [5.41, 5.74) is 4.51. The van der Waals surface area contributed by atoms with Crippen molar-refractivity contribution in [1.82, 2.24) is 23.6 Å². The first-order chi connectivity index (χ1) is 19.7. The van der Waals surface area contributed by atoms with Crippen molar-refractivity contribution in [2.75, 3.05) is 20.2 Å². The Morgan fingerprint density at radius 1 is 1.02 bits per heavy atom. The molecular weight excluding hydrogens is 538 g/mol. The van der Waals surface area contributed by atoms with Gasteiger partial charge in [0.1, 0.15) is 4.90 Å².